The molecular weight excluding hydrogens is 216 g/mol. The minimum atomic E-state index is -2.79. The van der Waals surface area contributed by atoms with E-state index >= 15 is 0 Å². The summed E-state index contributed by atoms with van der Waals surface area (Å²) in [6.45, 7) is -0.311. The lowest BCUT2D eigenvalue weighted by atomic mass is 10.3. The molecule has 0 spiro atoms. The van der Waals surface area contributed by atoms with Gasteiger partial charge in [-0.3, -0.25) is 0 Å². The topological polar surface area (TPSA) is 58.0 Å². The Morgan fingerprint density at radius 2 is 2.29 bits per heavy atom. The normalized spacial score (nSPS) is 12.9. The molecule has 78 valence electrons. The number of rotatable bonds is 4. The summed E-state index contributed by atoms with van der Waals surface area (Å²) in [5.41, 5.74) is 0. The highest BCUT2D eigenvalue weighted by molar-refractivity contribution is 6.32. The summed E-state index contributed by atoms with van der Waals surface area (Å²) in [4.78, 5) is 7.31. The third-order valence-electron chi connectivity index (χ3n) is 1.44. The van der Waals surface area contributed by atoms with Crippen molar-refractivity contribution >= 4 is 17.4 Å². The smallest absolute Gasteiger partial charge is 0.265 e. The largest absolute Gasteiger partial charge is 0.385 e. The summed E-state index contributed by atoms with van der Waals surface area (Å²) in [6.07, 6.45) is -1.97. The van der Waals surface area contributed by atoms with Crippen LogP contribution in [0.3, 0.4) is 0 Å². The monoisotopic (exact) mass is 223 g/mol. The van der Waals surface area contributed by atoms with Crippen molar-refractivity contribution < 1.29 is 13.9 Å². The molecule has 1 atom stereocenters. The fourth-order valence-electron chi connectivity index (χ4n) is 0.733. The molecule has 14 heavy (non-hydrogen) atoms. The molecule has 1 rings (SSSR count). The molecule has 0 saturated heterocycles. The average Bonchev–Trinajstić information content (AvgIpc) is 2.16. The van der Waals surface area contributed by atoms with Gasteiger partial charge < -0.3 is 10.4 Å². The van der Waals surface area contributed by atoms with Crippen LogP contribution in [0.15, 0.2) is 12.5 Å². The molecule has 0 aliphatic carbocycles. The third-order valence-corrected chi connectivity index (χ3v) is 1.71. The second kappa shape index (κ2) is 5.02. The summed E-state index contributed by atoms with van der Waals surface area (Å²) >= 11 is 5.63. The first-order valence-corrected chi connectivity index (χ1v) is 4.14. The molecule has 4 nitrogen and oxygen atoms in total. The highest BCUT2D eigenvalue weighted by Gasteiger charge is 2.16. The second-order valence-electron chi connectivity index (χ2n) is 2.50. The van der Waals surface area contributed by atoms with Gasteiger partial charge in [0.25, 0.3) is 6.43 Å². The second-order valence-corrected chi connectivity index (χ2v) is 2.91. The van der Waals surface area contributed by atoms with Gasteiger partial charge in [-0.2, -0.15) is 0 Å². The van der Waals surface area contributed by atoms with Crippen LogP contribution in [-0.4, -0.2) is 34.1 Å². The first-order chi connectivity index (χ1) is 6.61. The number of halogens is 3. The van der Waals surface area contributed by atoms with Gasteiger partial charge in [-0.05, 0) is 0 Å². The Labute approximate surface area is 83.9 Å². The highest BCUT2D eigenvalue weighted by Crippen LogP contribution is 2.16. The first-order valence-electron chi connectivity index (χ1n) is 3.77. The predicted octanol–water partition coefficient (Wildman–Crippen LogP) is 1.17. The van der Waals surface area contributed by atoms with E-state index in [1.807, 2.05) is 0 Å². The molecule has 0 bridgehead atoms. The van der Waals surface area contributed by atoms with Crippen LogP contribution in [-0.2, 0) is 0 Å². The fourth-order valence-corrected chi connectivity index (χ4v) is 0.905. The van der Waals surface area contributed by atoms with Crippen LogP contribution in [0.5, 0.6) is 0 Å². The van der Waals surface area contributed by atoms with Crippen LogP contribution in [0.25, 0.3) is 0 Å². The lowest BCUT2D eigenvalue weighted by Crippen LogP contribution is -2.27. The quantitative estimate of drug-likeness (QED) is 0.805. The Morgan fingerprint density at radius 1 is 1.57 bits per heavy atom. The maximum Gasteiger partial charge on any atom is 0.265 e. The van der Waals surface area contributed by atoms with Gasteiger partial charge in [0.15, 0.2) is 0 Å². The van der Waals surface area contributed by atoms with Crippen LogP contribution in [0.4, 0.5) is 14.6 Å². The van der Waals surface area contributed by atoms with Crippen LogP contribution in [0, 0.1) is 0 Å². The Kier molecular flexibility index (Phi) is 3.97. The lowest BCUT2D eigenvalue weighted by molar-refractivity contribution is 0.00381. The van der Waals surface area contributed by atoms with E-state index in [9.17, 15) is 8.78 Å². The number of aliphatic hydroxyl groups excluding tert-OH is 1. The number of nitrogens with zero attached hydrogens (tertiary/aromatic N) is 2. The molecule has 0 aliphatic rings. The number of aliphatic hydroxyl groups is 1. The Hall–Kier alpha value is -1.01. The SMILES string of the molecule is OC(CNc1ncncc1Cl)C(F)F. The van der Waals surface area contributed by atoms with Gasteiger partial charge in [0.2, 0.25) is 0 Å². The zero-order chi connectivity index (χ0) is 10.6. The van der Waals surface area contributed by atoms with Gasteiger partial charge in [0.05, 0.1) is 6.20 Å². The van der Waals surface area contributed by atoms with Gasteiger partial charge >= 0.3 is 0 Å². The van der Waals surface area contributed by atoms with E-state index in [0.717, 1.165) is 0 Å². The summed E-state index contributed by atoms with van der Waals surface area (Å²) in [5.74, 6) is 0.223. The summed E-state index contributed by atoms with van der Waals surface area (Å²) in [7, 11) is 0. The average molecular weight is 224 g/mol. The minimum absolute atomic E-state index is 0.217. The molecule has 0 aromatic carbocycles. The van der Waals surface area contributed by atoms with Crippen LogP contribution >= 0.6 is 11.6 Å². The van der Waals surface area contributed by atoms with Crippen LogP contribution in [0.1, 0.15) is 0 Å². The molecule has 0 fully saturated rings. The van der Waals surface area contributed by atoms with E-state index in [-0.39, 0.29) is 17.4 Å². The van der Waals surface area contributed by atoms with E-state index in [1.54, 1.807) is 0 Å². The Morgan fingerprint density at radius 3 is 2.86 bits per heavy atom. The molecule has 7 heteroatoms. The third kappa shape index (κ3) is 3.04. The van der Waals surface area contributed by atoms with Gasteiger partial charge in [-0.15, -0.1) is 0 Å². The van der Waals surface area contributed by atoms with Crippen molar-refractivity contribution in [1.82, 2.24) is 9.97 Å². The molecule has 0 saturated carbocycles. The fraction of sp³-hybridized carbons (Fsp3) is 0.429. The number of nitrogens with one attached hydrogen (secondary N) is 1. The maximum atomic E-state index is 11.9. The molecule has 0 radical (unpaired) electrons. The number of anilines is 1. The molecule has 1 aromatic heterocycles. The van der Waals surface area contributed by atoms with Crippen LogP contribution < -0.4 is 5.32 Å². The van der Waals surface area contributed by atoms with Crippen molar-refractivity contribution in [3.8, 4) is 0 Å². The minimum Gasteiger partial charge on any atom is -0.385 e. The van der Waals surface area contributed by atoms with Gasteiger partial charge in [0, 0.05) is 6.54 Å². The van der Waals surface area contributed by atoms with Crippen LogP contribution in [0.2, 0.25) is 5.02 Å². The predicted molar refractivity (Wildman–Crippen MR) is 47.5 cm³/mol. The first kappa shape index (κ1) is 11.1. The van der Waals surface area contributed by atoms with Crippen molar-refractivity contribution in [2.75, 3.05) is 11.9 Å². The number of hydrogen-bond acceptors (Lipinski definition) is 4. The number of alkyl halides is 2. The lowest BCUT2D eigenvalue weighted by Gasteiger charge is -2.11. The van der Waals surface area contributed by atoms with E-state index in [2.05, 4.69) is 15.3 Å². The summed E-state index contributed by atoms with van der Waals surface area (Å²) in [5, 5.41) is 11.5. The number of hydrogen-bond donors (Lipinski definition) is 2. The molecule has 2 N–H and O–H groups in total. The molecule has 1 unspecified atom stereocenters. The van der Waals surface area contributed by atoms with Crippen molar-refractivity contribution in [3.05, 3.63) is 17.5 Å². The molecule has 1 heterocycles. The van der Waals surface area contributed by atoms with E-state index < -0.39 is 12.5 Å². The van der Waals surface area contributed by atoms with Gasteiger partial charge in [-0.1, -0.05) is 11.6 Å². The Bertz CT molecular complexity index is 300. The van der Waals surface area contributed by atoms with E-state index in [0.29, 0.717) is 0 Å². The highest BCUT2D eigenvalue weighted by atomic mass is 35.5. The maximum absolute atomic E-state index is 11.9. The van der Waals surface area contributed by atoms with E-state index in [4.69, 9.17) is 16.7 Å². The van der Waals surface area contributed by atoms with Gasteiger partial charge in [-0.25, -0.2) is 18.7 Å². The zero-order valence-corrected chi connectivity index (χ0v) is 7.75. The van der Waals surface area contributed by atoms with Crippen molar-refractivity contribution in [2.45, 2.75) is 12.5 Å². The molecular formula is C7H8ClF2N3O. The van der Waals surface area contributed by atoms with E-state index in [1.165, 1.54) is 12.5 Å². The summed E-state index contributed by atoms with van der Waals surface area (Å²) in [6, 6.07) is 0. The van der Waals surface area contributed by atoms with Crippen molar-refractivity contribution in [3.63, 3.8) is 0 Å². The molecule has 0 amide bonds. The van der Waals surface area contributed by atoms with Crippen molar-refractivity contribution in [2.24, 2.45) is 0 Å². The molecule has 1 aromatic rings. The zero-order valence-electron chi connectivity index (χ0n) is 6.99. The standard InChI is InChI=1S/C7H8ClF2N3O/c8-4-1-11-3-13-7(4)12-2-5(14)6(9)10/h1,3,5-6,14H,2H2,(H,11,12,13). The Balaban J connectivity index is 2.50. The van der Waals surface area contributed by atoms with Crippen molar-refractivity contribution in [1.29, 1.82) is 0 Å². The van der Waals surface area contributed by atoms with Gasteiger partial charge in [0.1, 0.15) is 23.3 Å². The summed E-state index contributed by atoms with van der Waals surface area (Å²) < 4.78 is 23.8. The number of aromatic nitrogens is 2. The molecule has 0 aliphatic heterocycles.